The van der Waals surface area contributed by atoms with Crippen molar-refractivity contribution in [2.45, 2.75) is 87.9 Å². The third-order valence-corrected chi connectivity index (χ3v) is 11.0. The number of hydrogen-bond acceptors (Lipinski definition) is 9. The molecule has 2 bridgehead atoms. The molecule has 4 aliphatic rings. The third-order valence-electron chi connectivity index (χ3n) is 9.18. The Kier molecular flexibility index (Phi) is 11.2. The van der Waals surface area contributed by atoms with E-state index >= 15 is 0 Å². The second kappa shape index (κ2) is 15.4. The number of allylic oxidation sites excluding steroid dienone is 1. The summed E-state index contributed by atoms with van der Waals surface area (Å²) in [4.78, 5) is 68.9. The number of amides is 5. The van der Waals surface area contributed by atoms with Crippen molar-refractivity contribution in [3.05, 3.63) is 54.1 Å². The van der Waals surface area contributed by atoms with Crippen LogP contribution in [0.2, 0.25) is 0 Å². The first-order chi connectivity index (χ1) is 23.8. The first-order valence-electron chi connectivity index (χ1n) is 16.8. The first-order valence-corrected chi connectivity index (χ1v) is 18.3. The van der Waals surface area contributed by atoms with E-state index in [2.05, 4.69) is 39.1 Å². The van der Waals surface area contributed by atoms with Gasteiger partial charge < -0.3 is 30.3 Å². The SMILES string of the molecule is C=C[C@@H]1CC#C[C@]1(NC(=O)[C@@H]1C[C@@H]2CN1C(=O)[C@H](C(C)C)NC(=O)OCCC/C=C/c1ccccc1CNC(=O)O2)C(=O)NS(=O)(=O)C1CC1. The van der Waals surface area contributed by atoms with E-state index in [9.17, 15) is 32.4 Å². The van der Waals surface area contributed by atoms with Crippen molar-refractivity contribution in [3.63, 3.8) is 0 Å². The predicted octanol–water partition coefficient (Wildman–Crippen LogP) is 2.11. The number of nitrogens with zero attached hydrogens (tertiary/aromatic N) is 1. The van der Waals surface area contributed by atoms with Gasteiger partial charge in [-0.15, -0.1) is 6.58 Å². The number of benzene rings is 1. The normalized spacial score (nSPS) is 28.1. The highest BCUT2D eigenvalue weighted by Gasteiger charge is 2.52. The fourth-order valence-electron chi connectivity index (χ4n) is 6.19. The van der Waals surface area contributed by atoms with Gasteiger partial charge >= 0.3 is 12.2 Å². The molecule has 2 aliphatic carbocycles. The van der Waals surface area contributed by atoms with Crippen molar-refractivity contribution in [2.75, 3.05) is 13.2 Å². The maximum Gasteiger partial charge on any atom is 0.407 e. The van der Waals surface area contributed by atoms with Crippen LogP contribution in [0.5, 0.6) is 0 Å². The summed E-state index contributed by atoms with van der Waals surface area (Å²) in [6, 6.07) is 5.09. The van der Waals surface area contributed by atoms with Crippen LogP contribution in [-0.4, -0.2) is 85.4 Å². The van der Waals surface area contributed by atoms with E-state index in [4.69, 9.17) is 9.47 Å². The molecule has 4 N–H and O–H groups in total. The van der Waals surface area contributed by atoms with Gasteiger partial charge in [-0.2, -0.15) is 0 Å². The monoisotopic (exact) mass is 709 g/mol. The van der Waals surface area contributed by atoms with E-state index in [-0.39, 0.29) is 32.5 Å². The van der Waals surface area contributed by atoms with E-state index in [1.807, 2.05) is 36.4 Å². The molecular formula is C35H43N5O9S. The van der Waals surface area contributed by atoms with Crippen LogP contribution >= 0.6 is 0 Å². The Bertz CT molecular complexity index is 1730. The number of sulfonamides is 1. The lowest BCUT2D eigenvalue weighted by Gasteiger charge is -2.34. The van der Waals surface area contributed by atoms with Gasteiger partial charge in [0, 0.05) is 25.3 Å². The number of rotatable bonds is 7. The highest BCUT2D eigenvalue weighted by Crippen LogP contribution is 2.32. The standard InChI is InChI=1S/C35H43N5O9S/c1-4-25-14-10-17-35(25,32(43)39-50(46,47)27-15-16-27)38-30(41)28-19-26-21-40(28)31(42)29(22(2)3)37-34(45)48-18-9-5-6-11-23-12-7-8-13-24(23)20-36-33(44)49-26/h4,6-8,11-13,22,25-29H,1,5,9,14-16,18-21H2,2-3H3,(H,36,44)(H,37,45)(H,38,41)(H,39,43)/b11-6+/t25-,26-,28+,29+,35-/m1/s1. The number of carbonyl (C=O) groups excluding carboxylic acids is 5. The van der Waals surface area contributed by atoms with Gasteiger partial charge in [-0.1, -0.05) is 68.2 Å². The lowest BCUT2D eigenvalue weighted by atomic mass is 9.85. The minimum Gasteiger partial charge on any atom is -0.450 e. The molecule has 5 atom stereocenters. The zero-order valence-electron chi connectivity index (χ0n) is 28.1. The summed E-state index contributed by atoms with van der Waals surface area (Å²) in [6.45, 7) is 7.25. The molecule has 268 valence electrons. The number of carbonyl (C=O) groups is 5. The quantitative estimate of drug-likeness (QED) is 0.243. The summed E-state index contributed by atoms with van der Waals surface area (Å²) in [5.74, 6) is 1.80. The Morgan fingerprint density at radius 1 is 1.16 bits per heavy atom. The third kappa shape index (κ3) is 8.30. The molecule has 2 heterocycles. The average molecular weight is 710 g/mol. The van der Waals surface area contributed by atoms with Crippen LogP contribution in [0, 0.1) is 23.7 Å². The van der Waals surface area contributed by atoms with Crippen molar-refractivity contribution in [3.8, 4) is 11.8 Å². The molecule has 2 fully saturated rings. The molecule has 1 aromatic carbocycles. The lowest BCUT2D eigenvalue weighted by Crippen LogP contribution is -2.64. The summed E-state index contributed by atoms with van der Waals surface area (Å²) in [6.07, 6.45) is 4.68. The van der Waals surface area contributed by atoms with Gasteiger partial charge in [0.15, 0.2) is 5.54 Å². The number of nitrogens with one attached hydrogen (secondary N) is 4. The fraction of sp³-hybridized carbons (Fsp3) is 0.514. The van der Waals surface area contributed by atoms with E-state index < -0.39 is 80.7 Å². The minimum absolute atomic E-state index is 0.101. The van der Waals surface area contributed by atoms with Crippen molar-refractivity contribution in [1.82, 2.24) is 25.6 Å². The summed E-state index contributed by atoms with van der Waals surface area (Å²) in [7, 11) is -4.00. The molecule has 1 aromatic rings. The van der Waals surface area contributed by atoms with Gasteiger partial charge in [0.2, 0.25) is 21.8 Å². The minimum atomic E-state index is -4.00. The summed E-state index contributed by atoms with van der Waals surface area (Å²) < 4.78 is 38.6. The zero-order chi connectivity index (χ0) is 36.1. The van der Waals surface area contributed by atoms with E-state index in [1.54, 1.807) is 13.8 Å². The van der Waals surface area contributed by atoms with Crippen LogP contribution in [0.3, 0.4) is 0 Å². The molecule has 15 heteroatoms. The van der Waals surface area contributed by atoms with Crippen molar-refractivity contribution in [2.24, 2.45) is 11.8 Å². The molecule has 1 saturated carbocycles. The summed E-state index contributed by atoms with van der Waals surface area (Å²) in [5, 5.41) is 7.29. The second-order valence-corrected chi connectivity index (χ2v) is 15.2. The Morgan fingerprint density at radius 2 is 1.92 bits per heavy atom. The van der Waals surface area contributed by atoms with E-state index in [0.29, 0.717) is 25.7 Å². The topological polar surface area (TPSA) is 189 Å². The van der Waals surface area contributed by atoms with Crippen LogP contribution < -0.4 is 20.7 Å². The number of alkyl carbamates (subject to hydrolysis) is 2. The van der Waals surface area contributed by atoms with Crippen LogP contribution in [-0.2, 0) is 40.4 Å². The van der Waals surface area contributed by atoms with Crippen LogP contribution in [0.1, 0.15) is 63.5 Å². The van der Waals surface area contributed by atoms with Crippen molar-refractivity contribution < 1.29 is 41.9 Å². The smallest absolute Gasteiger partial charge is 0.407 e. The van der Waals surface area contributed by atoms with Gasteiger partial charge in [0.05, 0.1) is 18.4 Å². The van der Waals surface area contributed by atoms with Gasteiger partial charge in [-0.05, 0) is 42.7 Å². The summed E-state index contributed by atoms with van der Waals surface area (Å²) in [5.41, 5.74) is -0.275. The molecule has 0 unspecified atom stereocenters. The van der Waals surface area contributed by atoms with Gasteiger partial charge in [0.25, 0.3) is 5.91 Å². The average Bonchev–Trinajstić information content (AvgIpc) is 3.74. The highest BCUT2D eigenvalue weighted by molar-refractivity contribution is 7.91. The van der Waals surface area contributed by atoms with Crippen LogP contribution in [0.15, 0.2) is 43.0 Å². The van der Waals surface area contributed by atoms with Gasteiger partial charge in [-0.3, -0.25) is 14.4 Å². The van der Waals surface area contributed by atoms with Crippen LogP contribution in [0.4, 0.5) is 9.59 Å². The molecule has 5 rings (SSSR count). The molecule has 14 nitrogen and oxygen atoms in total. The van der Waals surface area contributed by atoms with E-state index in [0.717, 1.165) is 11.1 Å². The summed E-state index contributed by atoms with van der Waals surface area (Å²) >= 11 is 0. The Hall–Kier alpha value is -4.84. The molecule has 2 aliphatic heterocycles. The highest BCUT2D eigenvalue weighted by atomic mass is 32.2. The number of hydrogen-bond donors (Lipinski definition) is 4. The Labute approximate surface area is 291 Å². The predicted molar refractivity (Wildman–Crippen MR) is 182 cm³/mol. The second-order valence-electron chi connectivity index (χ2n) is 13.2. The van der Waals surface area contributed by atoms with Crippen molar-refractivity contribution in [1.29, 1.82) is 0 Å². The van der Waals surface area contributed by atoms with Gasteiger partial charge in [0.1, 0.15) is 18.2 Å². The fourth-order valence-corrected chi connectivity index (χ4v) is 7.53. The lowest BCUT2D eigenvalue weighted by molar-refractivity contribution is -0.142. The van der Waals surface area contributed by atoms with E-state index in [1.165, 1.54) is 11.0 Å². The Morgan fingerprint density at radius 3 is 2.64 bits per heavy atom. The van der Waals surface area contributed by atoms with Crippen LogP contribution in [0.25, 0.3) is 6.08 Å². The first kappa shape index (κ1) is 36.4. The largest absolute Gasteiger partial charge is 0.450 e. The molecule has 50 heavy (non-hydrogen) atoms. The molecule has 0 aromatic heterocycles. The maximum absolute atomic E-state index is 14.2. The number of fused-ring (bicyclic) bond motifs is 3. The molecule has 0 spiro atoms. The molecule has 0 radical (unpaired) electrons. The van der Waals surface area contributed by atoms with Crippen molar-refractivity contribution >= 4 is 46.0 Å². The molecular weight excluding hydrogens is 666 g/mol. The zero-order valence-corrected chi connectivity index (χ0v) is 28.9. The maximum atomic E-state index is 14.2. The molecule has 1 saturated heterocycles. The number of cyclic esters (lactones) is 1. The number of ether oxygens (including phenoxy) is 2. The molecule has 5 amide bonds. The Balaban J connectivity index is 1.42. The van der Waals surface area contributed by atoms with Gasteiger partial charge in [-0.25, -0.2) is 22.7 Å².